The van der Waals surface area contributed by atoms with Crippen molar-refractivity contribution in [1.29, 1.82) is 0 Å². The second-order valence-electron chi connectivity index (χ2n) is 3.48. The van der Waals surface area contributed by atoms with Crippen LogP contribution in [0.1, 0.15) is 24.2 Å². The number of fused-ring (bicyclic) bond motifs is 1. The quantitative estimate of drug-likeness (QED) is 0.741. The summed E-state index contributed by atoms with van der Waals surface area (Å²) in [7, 11) is 0. The molecule has 0 bridgehead atoms. The Hall–Kier alpha value is -1.22. The smallest absolute Gasteiger partial charge is 0.164 e. The van der Waals surface area contributed by atoms with Crippen molar-refractivity contribution in [3.8, 4) is 11.5 Å². The van der Waals surface area contributed by atoms with Gasteiger partial charge in [-0.2, -0.15) is 0 Å². The van der Waals surface area contributed by atoms with Crippen LogP contribution in [0.3, 0.4) is 0 Å². The van der Waals surface area contributed by atoms with E-state index >= 15 is 0 Å². The van der Waals surface area contributed by atoms with E-state index in [2.05, 4.69) is 0 Å². The largest absolute Gasteiger partial charge is 0.486 e. The number of hydrogen-bond donors (Lipinski definition) is 1. The van der Waals surface area contributed by atoms with Crippen molar-refractivity contribution in [2.45, 2.75) is 20.0 Å². The molecule has 1 N–H and O–H groups in total. The van der Waals surface area contributed by atoms with E-state index in [4.69, 9.17) is 9.47 Å². The van der Waals surface area contributed by atoms with Gasteiger partial charge in [-0.25, -0.2) is 0 Å². The minimum atomic E-state index is -0.467. The van der Waals surface area contributed by atoms with Crippen molar-refractivity contribution in [3.05, 3.63) is 23.3 Å². The summed E-state index contributed by atoms with van der Waals surface area (Å²) in [6.07, 6.45) is -0.467. The molecule has 1 unspecified atom stereocenters. The summed E-state index contributed by atoms with van der Waals surface area (Å²) in [5, 5.41) is 9.51. The first-order chi connectivity index (χ1) is 6.70. The van der Waals surface area contributed by atoms with Gasteiger partial charge in [-0.1, -0.05) is 6.07 Å². The molecule has 3 nitrogen and oxygen atoms in total. The van der Waals surface area contributed by atoms with E-state index in [1.54, 1.807) is 6.92 Å². The molecule has 1 aliphatic rings. The first-order valence-corrected chi connectivity index (χ1v) is 4.77. The second-order valence-corrected chi connectivity index (χ2v) is 3.48. The van der Waals surface area contributed by atoms with Crippen molar-refractivity contribution in [2.24, 2.45) is 0 Å². The number of hydrogen-bond acceptors (Lipinski definition) is 3. The lowest BCUT2D eigenvalue weighted by Gasteiger charge is -2.22. The van der Waals surface area contributed by atoms with E-state index in [1.807, 2.05) is 19.1 Å². The van der Waals surface area contributed by atoms with Crippen molar-refractivity contribution < 1.29 is 14.6 Å². The standard InChI is InChI=1S/C11H14O3/c1-7-9(8(2)12)3-4-10-11(7)14-6-5-13-10/h3-4,8,12H,5-6H2,1-2H3. The summed E-state index contributed by atoms with van der Waals surface area (Å²) >= 11 is 0. The third-order valence-corrected chi connectivity index (χ3v) is 2.45. The molecule has 1 atom stereocenters. The zero-order valence-electron chi connectivity index (χ0n) is 8.41. The molecule has 1 aromatic carbocycles. The molecule has 0 saturated heterocycles. The van der Waals surface area contributed by atoms with Crippen LogP contribution in [-0.4, -0.2) is 18.3 Å². The molecule has 0 aliphatic carbocycles. The summed E-state index contributed by atoms with van der Waals surface area (Å²) in [5.74, 6) is 1.55. The first-order valence-electron chi connectivity index (χ1n) is 4.77. The highest BCUT2D eigenvalue weighted by molar-refractivity contribution is 5.51. The van der Waals surface area contributed by atoms with Gasteiger partial charge < -0.3 is 14.6 Å². The Labute approximate surface area is 83.3 Å². The fourth-order valence-corrected chi connectivity index (χ4v) is 1.72. The third-order valence-electron chi connectivity index (χ3n) is 2.45. The molecule has 76 valence electrons. The molecule has 3 heteroatoms. The number of rotatable bonds is 1. The van der Waals surface area contributed by atoms with Crippen LogP contribution >= 0.6 is 0 Å². The fraction of sp³-hybridized carbons (Fsp3) is 0.455. The van der Waals surface area contributed by atoms with Crippen molar-refractivity contribution in [2.75, 3.05) is 13.2 Å². The van der Waals surface area contributed by atoms with Crippen LogP contribution < -0.4 is 9.47 Å². The van der Waals surface area contributed by atoms with E-state index in [9.17, 15) is 5.11 Å². The van der Waals surface area contributed by atoms with E-state index < -0.39 is 6.10 Å². The maximum atomic E-state index is 9.51. The zero-order chi connectivity index (χ0) is 10.1. The van der Waals surface area contributed by atoms with Crippen LogP contribution in [0.15, 0.2) is 12.1 Å². The molecular formula is C11H14O3. The lowest BCUT2D eigenvalue weighted by molar-refractivity contribution is 0.167. The average Bonchev–Trinajstić information content (AvgIpc) is 2.18. The Morgan fingerprint density at radius 1 is 1.29 bits per heavy atom. The van der Waals surface area contributed by atoms with Crippen LogP contribution in [-0.2, 0) is 0 Å². The Kier molecular flexibility index (Phi) is 2.33. The summed E-state index contributed by atoms with van der Waals surface area (Å²) in [5.41, 5.74) is 1.87. The van der Waals surface area contributed by atoms with E-state index in [0.717, 1.165) is 22.6 Å². The van der Waals surface area contributed by atoms with Gasteiger partial charge in [0.05, 0.1) is 6.10 Å². The Balaban J connectivity index is 2.49. The monoisotopic (exact) mass is 194 g/mol. The maximum Gasteiger partial charge on any atom is 0.164 e. The summed E-state index contributed by atoms with van der Waals surface area (Å²) in [6.45, 7) is 4.87. The van der Waals surface area contributed by atoms with Gasteiger partial charge in [-0.3, -0.25) is 0 Å². The number of ether oxygens (including phenoxy) is 2. The van der Waals surface area contributed by atoms with Gasteiger partial charge in [0.15, 0.2) is 11.5 Å². The van der Waals surface area contributed by atoms with Gasteiger partial charge in [0.25, 0.3) is 0 Å². The second kappa shape index (κ2) is 3.50. The lowest BCUT2D eigenvalue weighted by Crippen LogP contribution is -2.16. The highest BCUT2D eigenvalue weighted by Gasteiger charge is 2.17. The molecule has 14 heavy (non-hydrogen) atoms. The topological polar surface area (TPSA) is 38.7 Å². The van der Waals surface area contributed by atoms with Gasteiger partial charge in [0, 0.05) is 5.56 Å². The Morgan fingerprint density at radius 2 is 2.00 bits per heavy atom. The van der Waals surface area contributed by atoms with Crippen LogP contribution in [0.2, 0.25) is 0 Å². The Bertz CT molecular complexity index is 345. The molecule has 0 fully saturated rings. The number of aliphatic hydroxyl groups is 1. The normalized spacial score (nSPS) is 16.5. The van der Waals surface area contributed by atoms with Crippen molar-refractivity contribution >= 4 is 0 Å². The third kappa shape index (κ3) is 1.44. The van der Waals surface area contributed by atoms with Crippen LogP contribution in [0, 0.1) is 6.92 Å². The fourth-order valence-electron chi connectivity index (χ4n) is 1.72. The van der Waals surface area contributed by atoms with E-state index in [0.29, 0.717) is 13.2 Å². The molecule has 1 aromatic rings. The van der Waals surface area contributed by atoms with E-state index in [1.165, 1.54) is 0 Å². The van der Waals surface area contributed by atoms with Gasteiger partial charge in [-0.05, 0) is 25.5 Å². The SMILES string of the molecule is Cc1c(C(C)O)ccc2c1OCCO2. The summed E-state index contributed by atoms with van der Waals surface area (Å²) in [4.78, 5) is 0. The molecule has 0 radical (unpaired) electrons. The maximum absolute atomic E-state index is 9.51. The van der Waals surface area contributed by atoms with Gasteiger partial charge in [-0.15, -0.1) is 0 Å². The zero-order valence-corrected chi connectivity index (χ0v) is 8.41. The highest BCUT2D eigenvalue weighted by atomic mass is 16.6. The summed E-state index contributed by atoms with van der Waals surface area (Å²) in [6, 6.07) is 3.73. The van der Waals surface area contributed by atoms with Gasteiger partial charge >= 0.3 is 0 Å². The molecule has 1 aliphatic heterocycles. The molecule has 0 saturated carbocycles. The van der Waals surface area contributed by atoms with Crippen LogP contribution in [0.4, 0.5) is 0 Å². The molecule has 0 aromatic heterocycles. The number of benzene rings is 1. The minimum absolute atomic E-state index is 0.467. The molecule has 0 amide bonds. The molecule has 0 spiro atoms. The summed E-state index contributed by atoms with van der Waals surface area (Å²) < 4.78 is 10.9. The molecular weight excluding hydrogens is 180 g/mol. The molecule has 1 heterocycles. The predicted molar refractivity (Wildman–Crippen MR) is 52.8 cm³/mol. The minimum Gasteiger partial charge on any atom is -0.486 e. The predicted octanol–water partition coefficient (Wildman–Crippen LogP) is 1.82. The average molecular weight is 194 g/mol. The highest BCUT2D eigenvalue weighted by Crippen LogP contribution is 2.37. The first kappa shape index (κ1) is 9.34. The van der Waals surface area contributed by atoms with E-state index in [-0.39, 0.29) is 0 Å². The van der Waals surface area contributed by atoms with Gasteiger partial charge in [0.2, 0.25) is 0 Å². The van der Waals surface area contributed by atoms with Crippen molar-refractivity contribution in [3.63, 3.8) is 0 Å². The lowest BCUT2D eigenvalue weighted by atomic mass is 10.0. The van der Waals surface area contributed by atoms with Crippen LogP contribution in [0.25, 0.3) is 0 Å². The number of aliphatic hydroxyl groups excluding tert-OH is 1. The van der Waals surface area contributed by atoms with Crippen LogP contribution in [0.5, 0.6) is 11.5 Å². The van der Waals surface area contributed by atoms with Gasteiger partial charge in [0.1, 0.15) is 13.2 Å². The molecule has 2 rings (SSSR count). The Morgan fingerprint density at radius 3 is 2.71 bits per heavy atom. The van der Waals surface area contributed by atoms with Crippen molar-refractivity contribution in [1.82, 2.24) is 0 Å².